The predicted octanol–water partition coefficient (Wildman–Crippen LogP) is 4.00. The lowest BCUT2D eigenvalue weighted by molar-refractivity contribution is -0.120. The number of rotatable bonds is 13. The quantitative estimate of drug-likeness (QED) is 0.447. The topological polar surface area (TPSA) is 100 Å². The minimum absolute atomic E-state index is 0.0282. The fourth-order valence-corrected chi connectivity index (χ4v) is 5.04. The molecule has 0 aliphatic rings. The fourth-order valence-electron chi connectivity index (χ4n) is 1.79. The molecule has 1 N–H and O–H groups in total. The molecule has 12 heteroatoms. The Morgan fingerprint density at radius 1 is 1.00 bits per heavy atom. The van der Waals surface area contributed by atoms with Crippen LogP contribution in [0.15, 0.2) is 0 Å². The van der Waals surface area contributed by atoms with Gasteiger partial charge in [-0.25, -0.2) is 0 Å². The maximum absolute atomic E-state index is 14.4. The Labute approximate surface area is 153 Å². The highest BCUT2D eigenvalue weighted by atomic mass is 31.2. The second-order valence-electron chi connectivity index (χ2n) is 5.85. The van der Waals surface area contributed by atoms with E-state index in [0.717, 1.165) is 0 Å². The van der Waals surface area contributed by atoms with Crippen LogP contribution in [0.4, 0.5) is 8.78 Å². The van der Waals surface area contributed by atoms with E-state index >= 15 is 0 Å². The molecule has 0 spiro atoms. The van der Waals surface area contributed by atoms with Crippen LogP contribution >= 0.6 is 15.2 Å². The lowest BCUT2D eigenvalue weighted by atomic mass is 10.5. The van der Waals surface area contributed by atoms with Crippen LogP contribution < -0.4 is 5.32 Å². The van der Waals surface area contributed by atoms with E-state index in [1.54, 1.807) is 13.8 Å². The maximum atomic E-state index is 14.4. The zero-order valence-electron chi connectivity index (χ0n) is 16.0. The van der Waals surface area contributed by atoms with Crippen LogP contribution in [0.25, 0.3) is 0 Å². The first-order valence-electron chi connectivity index (χ1n) is 8.30. The zero-order chi connectivity index (χ0) is 20.6. The SMILES string of the molecule is CCOP(=O)(CC(=O)NCC(F)(F)P(=O)(OC(C)C)OC(C)C)OCC. The molecule has 156 valence electrons. The van der Waals surface area contributed by atoms with Gasteiger partial charge in [-0.05, 0) is 41.5 Å². The molecule has 0 aromatic carbocycles. The molecule has 0 radical (unpaired) electrons. The maximum Gasteiger partial charge on any atom is 0.402 e. The van der Waals surface area contributed by atoms with Gasteiger partial charge in [0.15, 0.2) is 0 Å². The molecule has 0 saturated heterocycles. The standard InChI is InChI=1S/C14H29F2NO7P2/c1-7-21-25(19,22-8-2)9-13(18)17-10-14(15,16)26(20,23-11(3)4)24-12(5)6/h11-12H,7-10H2,1-6H3,(H,17,18). The second kappa shape index (κ2) is 10.8. The minimum Gasteiger partial charge on any atom is -0.349 e. The Morgan fingerprint density at radius 3 is 1.77 bits per heavy atom. The van der Waals surface area contributed by atoms with E-state index in [9.17, 15) is 22.7 Å². The first kappa shape index (κ1) is 25.6. The van der Waals surface area contributed by atoms with Gasteiger partial charge in [0.2, 0.25) is 5.91 Å². The summed E-state index contributed by atoms with van der Waals surface area (Å²) in [7, 11) is -8.58. The molecular weight excluding hydrogens is 394 g/mol. The van der Waals surface area contributed by atoms with Crippen molar-refractivity contribution in [1.82, 2.24) is 5.32 Å². The minimum atomic E-state index is -4.85. The van der Waals surface area contributed by atoms with E-state index in [1.807, 2.05) is 5.32 Å². The van der Waals surface area contributed by atoms with Crippen LogP contribution in [0.5, 0.6) is 0 Å². The number of nitrogens with one attached hydrogen (secondary N) is 1. The number of alkyl halides is 2. The number of carbonyl (C=O) groups excluding carboxylic acids is 1. The van der Waals surface area contributed by atoms with E-state index in [1.165, 1.54) is 27.7 Å². The van der Waals surface area contributed by atoms with Crippen LogP contribution in [0.3, 0.4) is 0 Å². The Bertz CT molecular complexity index is 519. The van der Waals surface area contributed by atoms with Crippen molar-refractivity contribution < 1.29 is 40.8 Å². The van der Waals surface area contributed by atoms with Gasteiger partial charge in [-0.3, -0.25) is 13.9 Å². The summed E-state index contributed by atoms with van der Waals surface area (Å²) in [6, 6.07) is 0. The van der Waals surface area contributed by atoms with E-state index in [4.69, 9.17) is 18.1 Å². The molecule has 0 aliphatic carbocycles. The second-order valence-corrected chi connectivity index (χ2v) is 9.98. The van der Waals surface area contributed by atoms with Crippen LogP contribution in [-0.4, -0.2) is 49.7 Å². The average Bonchev–Trinajstić information content (AvgIpc) is 2.43. The van der Waals surface area contributed by atoms with E-state index in [0.29, 0.717) is 0 Å². The molecule has 0 aromatic heterocycles. The summed E-state index contributed by atoms with van der Waals surface area (Å²) in [4.78, 5) is 11.9. The summed E-state index contributed by atoms with van der Waals surface area (Å²) in [5.74, 6) is -0.990. The van der Waals surface area contributed by atoms with Crippen LogP contribution in [-0.2, 0) is 32.0 Å². The largest absolute Gasteiger partial charge is 0.402 e. The monoisotopic (exact) mass is 423 g/mol. The summed E-state index contributed by atoms with van der Waals surface area (Å²) >= 11 is 0. The van der Waals surface area contributed by atoms with Crippen molar-refractivity contribution in [3.8, 4) is 0 Å². The third kappa shape index (κ3) is 8.55. The van der Waals surface area contributed by atoms with E-state index in [-0.39, 0.29) is 13.2 Å². The van der Waals surface area contributed by atoms with Crippen molar-refractivity contribution >= 4 is 21.1 Å². The molecule has 0 aromatic rings. The molecule has 0 aliphatic heterocycles. The number of halogens is 2. The Hall–Kier alpha value is -0.370. The first-order valence-corrected chi connectivity index (χ1v) is 11.6. The lowest BCUT2D eigenvalue weighted by Crippen LogP contribution is -2.39. The third-order valence-electron chi connectivity index (χ3n) is 2.59. The van der Waals surface area contributed by atoms with Crippen molar-refractivity contribution in [3.63, 3.8) is 0 Å². The molecule has 0 fully saturated rings. The van der Waals surface area contributed by atoms with Gasteiger partial charge < -0.3 is 23.4 Å². The van der Waals surface area contributed by atoms with Crippen molar-refractivity contribution in [1.29, 1.82) is 0 Å². The van der Waals surface area contributed by atoms with Crippen LogP contribution in [0.1, 0.15) is 41.5 Å². The summed E-state index contributed by atoms with van der Waals surface area (Å²) in [5.41, 5.74) is -3.97. The molecule has 8 nitrogen and oxygen atoms in total. The van der Waals surface area contributed by atoms with Gasteiger partial charge in [0.25, 0.3) is 0 Å². The highest BCUT2D eigenvalue weighted by Crippen LogP contribution is 2.63. The summed E-state index contributed by atoms with van der Waals surface area (Å²) < 4.78 is 73.1. The molecule has 0 heterocycles. The van der Waals surface area contributed by atoms with E-state index in [2.05, 4.69) is 0 Å². The normalized spacial score (nSPS) is 13.5. The molecular formula is C14H29F2NO7P2. The van der Waals surface area contributed by atoms with Crippen molar-refractivity contribution in [3.05, 3.63) is 0 Å². The molecule has 0 atom stereocenters. The molecule has 0 rings (SSSR count). The number of carbonyl (C=O) groups is 1. The fraction of sp³-hybridized carbons (Fsp3) is 0.929. The zero-order valence-corrected chi connectivity index (χ0v) is 17.8. The van der Waals surface area contributed by atoms with E-state index < -0.39 is 51.7 Å². The molecule has 0 saturated carbocycles. The van der Waals surface area contributed by atoms with Crippen LogP contribution in [0.2, 0.25) is 0 Å². The van der Waals surface area contributed by atoms with Crippen LogP contribution in [0, 0.1) is 0 Å². The average molecular weight is 423 g/mol. The van der Waals surface area contributed by atoms with Crippen molar-refractivity contribution in [2.45, 2.75) is 59.4 Å². The number of amides is 1. The van der Waals surface area contributed by atoms with Gasteiger partial charge in [-0.2, -0.15) is 8.78 Å². The number of hydrogen-bond acceptors (Lipinski definition) is 7. The summed E-state index contributed by atoms with van der Waals surface area (Å²) in [6.45, 7) is 7.61. The van der Waals surface area contributed by atoms with Gasteiger partial charge >= 0.3 is 20.9 Å². The van der Waals surface area contributed by atoms with Gasteiger partial charge in [0.1, 0.15) is 6.16 Å². The Balaban J connectivity index is 5.08. The van der Waals surface area contributed by atoms with Gasteiger partial charge in [0, 0.05) is 0 Å². The summed E-state index contributed by atoms with van der Waals surface area (Å²) in [5, 5.41) is 1.89. The molecule has 0 bridgehead atoms. The smallest absolute Gasteiger partial charge is 0.349 e. The van der Waals surface area contributed by atoms with Gasteiger partial charge in [0.05, 0.1) is 32.0 Å². The Kier molecular flexibility index (Phi) is 10.7. The highest BCUT2D eigenvalue weighted by Gasteiger charge is 2.54. The highest BCUT2D eigenvalue weighted by molar-refractivity contribution is 7.55. The molecule has 1 amide bonds. The predicted molar refractivity (Wildman–Crippen MR) is 93.7 cm³/mol. The summed E-state index contributed by atoms with van der Waals surface area (Å²) in [6.07, 6.45) is -2.29. The third-order valence-corrected chi connectivity index (χ3v) is 6.92. The molecule has 0 unspecified atom stereocenters. The number of hydrogen-bond donors (Lipinski definition) is 1. The van der Waals surface area contributed by atoms with Gasteiger partial charge in [-0.1, -0.05) is 0 Å². The first-order chi connectivity index (χ1) is 11.8. The molecule has 26 heavy (non-hydrogen) atoms. The van der Waals surface area contributed by atoms with Crippen molar-refractivity contribution in [2.24, 2.45) is 0 Å². The Morgan fingerprint density at radius 2 is 1.42 bits per heavy atom. The van der Waals surface area contributed by atoms with Gasteiger partial charge in [-0.15, -0.1) is 0 Å². The lowest BCUT2D eigenvalue weighted by Gasteiger charge is -2.29. The van der Waals surface area contributed by atoms with Crippen molar-refractivity contribution in [2.75, 3.05) is 25.9 Å².